The molecule has 0 atom stereocenters. The molecule has 0 radical (unpaired) electrons. The van der Waals surface area contributed by atoms with Gasteiger partial charge in [-0.25, -0.2) is 9.37 Å². The minimum atomic E-state index is -4.03. The number of carbonyl (C=O) groups is 1. The van der Waals surface area contributed by atoms with Gasteiger partial charge in [0.25, 0.3) is 10.0 Å². The van der Waals surface area contributed by atoms with Gasteiger partial charge in [-0.1, -0.05) is 6.92 Å². The Labute approximate surface area is 120 Å². The number of primary amides is 1. The molecule has 0 spiro atoms. The highest BCUT2D eigenvalue weighted by atomic mass is 32.2. The van der Waals surface area contributed by atoms with Crippen molar-refractivity contribution in [1.82, 2.24) is 9.97 Å². The second-order valence-electron chi connectivity index (χ2n) is 4.21. The van der Waals surface area contributed by atoms with E-state index in [-0.39, 0.29) is 16.3 Å². The molecule has 2 rings (SSSR count). The minimum Gasteiger partial charge on any atom is -0.366 e. The van der Waals surface area contributed by atoms with E-state index < -0.39 is 21.7 Å². The molecule has 1 aromatic carbocycles. The fourth-order valence-electron chi connectivity index (χ4n) is 1.62. The van der Waals surface area contributed by atoms with Gasteiger partial charge in [0.15, 0.2) is 5.03 Å². The molecule has 0 aliphatic heterocycles. The average molecular weight is 312 g/mol. The number of amides is 1. The average Bonchev–Trinajstić information content (AvgIpc) is 2.90. The fourth-order valence-corrected chi connectivity index (χ4v) is 2.62. The van der Waals surface area contributed by atoms with Crippen LogP contribution in [0.25, 0.3) is 0 Å². The molecule has 0 unspecified atom stereocenters. The Kier molecular flexibility index (Phi) is 3.94. The summed E-state index contributed by atoms with van der Waals surface area (Å²) in [6, 6.07) is 3.16. The van der Waals surface area contributed by atoms with Gasteiger partial charge < -0.3 is 10.7 Å². The lowest BCUT2D eigenvalue weighted by molar-refractivity contribution is 0.100. The maximum Gasteiger partial charge on any atom is 0.279 e. The molecule has 0 saturated heterocycles. The minimum absolute atomic E-state index is 0.00652. The summed E-state index contributed by atoms with van der Waals surface area (Å²) in [5, 5.41) is -0.191. The van der Waals surface area contributed by atoms with Crippen LogP contribution < -0.4 is 10.5 Å². The first-order valence-electron chi connectivity index (χ1n) is 5.99. The molecule has 9 heteroatoms. The predicted octanol–water partition coefficient (Wildman–Crippen LogP) is 1.01. The highest BCUT2D eigenvalue weighted by molar-refractivity contribution is 7.92. The van der Waals surface area contributed by atoms with Crippen molar-refractivity contribution in [2.75, 3.05) is 4.72 Å². The Bertz CT molecular complexity index is 786. The molecule has 0 aliphatic carbocycles. The van der Waals surface area contributed by atoms with Crippen LogP contribution in [0.1, 0.15) is 23.1 Å². The molecular weight excluding hydrogens is 299 g/mol. The van der Waals surface area contributed by atoms with Crippen LogP contribution in [0.15, 0.2) is 29.4 Å². The first-order valence-corrected chi connectivity index (χ1v) is 7.48. The number of rotatable bonds is 5. The number of H-pyrrole nitrogens is 1. The van der Waals surface area contributed by atoms with Gasteiger partial charge in [-0.05, 0) is 18.2 Å². The van der Waals surface area contributed by atoms with E-state index in [9.17, 15) is 17.6 Å². The van der Waals surface area contributed by atoms with E-state index in [1.54, 1.807) is 6.92 Å². The quantitative estimate of drug-likeness (QED) is 0.763. The van der Waals surface area contributed by atoms with Crippen molar-refractivity contribution in [2.24, 2.45) is 5.73 Å². The molecule has 0 aliphatic rings. The molecule has 0 fully saturated rings. The maximum atomic E-state index is 13.6. The predicted molar refractivity (Wildman–Crippen MR) is 73.7 cm³/mol. The number of aromatic amines is 1. The van der Waals surface area contributed by atoms with Crippen LogP contribution >= 0.6 is 0 Å². The van der Waals surface area contributed by atoms with Crippen molar-refractivity contribution >= 4 is 21.6 Å². The van der Waals surface area contributed by atoms with E-state index in [0.717, 1.165) is 18.3 Å². The third-order valence-corrected chi connectivity index (χ3v) is 4.00. The summed E-state index contributed by atoms with van der Waals surface area (Å²) >= 11 is 0. The SMILES string of the molecule is CCc1ncc(S(=O)(=O)Nc2cc(C(N)=O)ccc2F)[nH]1. The van der Waals surface area contributed by atoms with Crippen molar-refractivity contribution in [2.45, 2.75) is 18.4 Å². The number of benzene rings is 1. The van der Waals surface area contributed by atoms with Crippen LogP contribution in [0.4, 0.5) is 10.1 Å². The third-order valence-electron chi connectivity index (χ3n) is 2.72. The highest BCUT2D eigenvalue weighted by Gasteiger charge is 2.19. The molecular formula is C12H13FN4O3S. The van der Waals surface area contributed by atoms with Gasteiger partial charge in [0, 0.05) is 12.0 Å². The molecule has 2 aromatic rings. The Morgan fingerprint density at radius 2 is 2.19 bits per heavy atom. The van der Waals surface area contributed by atoms with Crippen molar-refractivity contribution in [3.05, 3.63) is 41.6 Å². The lowest BCUT2D eigenvalue weighted by Gasteiger charge is -2.08. The van der Waals surface area contributed by atoms with E-state index in [0.29, 0.717) is 12.2 Å². The molecule has 1 amide bonds. The summed E-state index contributed by atoms with van der Waals surface area (Å²) in [5.41, 5.74) is 4.71. The number of hydrogen-bond donors (Lipinski definition) is 3. The Morgan fingerprint density at radius 3 is 2.76 bits per heavy atom. The summed E-state index contributed by atoms with van der Waals surface area (Å²) in [6.07, 6.45) is 1.66. The van der Waals surface area contributed by atoms with E-state index >= 15 is 0 Å². The smallest absolute Gasteiger partial charge is 0.279 e. The van der Waals surface area contributed by atoms with Crippen LogP contribution in [0, 0.1) is 5.82 Å². The lowest BCUT2D eigenvalue weighted by Crippen LogP contribution is -2.16. The Balaban J connectivity index is 2.36. The molecule has 112 valence electrons. The van der Waals surface area contributed by atoms with Crippen LogP contribution in [-0.4, -0.2) is 24.3 Å². The van der Waals surface area contributed by atoms with Crippen molar-refractivity contribution in [3.8, 4) is 0 Å². The van der Waals surface area contributed by atoms with E-state index in [1.807, 2.05) is 0 Å². The number of hydrogen-bond acceptors (Lipinski definition) is 4. The Morgan fingerprint density at radius 1 is 1.48 bits per heavy atom. The van der Waals surface area contributed by atoms with Crippen LogP contribution in [0.5, 0.6) is 0 Å². The van der Waals surface area contributed by atoms with E-state index in [1.165, 1.54) is 6.07 Å². The standard InChI is InChI=1S/C12H13FN4O3S/c1-2-10-15-6-11(16-10)21(19,20)17-9-5-7(12(14)18)3-4-8(9)13/h3-6,17H,2H2,1H3,(H2,14,18)(H,15,16). The van der Waals surface area contributed by atoms with E-state index in [4.69, 9.17) is 5.73 Å². The fraction of sp³-hybridized carbons (Fsp3) is 0.167. The number of imidazole rings is 1. The number of nitrogens with zero attached hydrogens (tertiary/aromatic N) is 1. The first-order chi connectivity index (χ1) is 9.83. The van der Waals surface area contributed by atoms with Gasteiger partial charge in [-0.15, -0.1) is 0 Å². The molecule has 7 nitrogen and oxygen atoms in total. The van der Waals surface area contributed by atoms with Gasteiger partial charge >= 0.3 is 0 Å². The van der Waals surface area contributed by atoms with Crippen molar-refractivity contribution in [3.63, 3.8) is 0 Å². The van der Waals surface area contributed by atoms with Gasteiger partial charge in [0.2, 0.25) is 5.91 Å². The highest BCUT2D eigenvalue weighted by Crippen LogP contribution is 2.20. The summed E-state index contributed by atoms with van der Waals surface area (Å²) in [5.74, 6) is -1.12. The summed E-state index contributed by atoms with van der Waals surface area (Å²) in [4.78, 5) is 17.5. The number of anilines is 1. The number of aryl methyl sites for hydroxylation is 1. The molecule has 0 saturated carbocycles. The first kappa shape index (κ1) is 15.0. The monoisotopic (exact) mass is 312 g/mol. The molecule has 0 bridgehead atoms. The normalized spacial score (nSPS) is 11.3. The van der Waals surface area contributed by atoms with Gasteiger partial charge in [-0.2, -0.15) is 8.42 Å². The molecule has 1 aromatic heterocycles. The van der Waals surface area contributed by atoms with Crippen LogP contribution in [0.2, 0.25) is 0 Å². The molecule has 21 heavy (non-hydrogen) atoms. The molecule has 1 heterocycles. The van der Waals surface area contributed by atoms with Crippen molar-refractivity contribution in [1.29, 1.82) is 0 Å². The largest absolute Gasteiger partial charge is 0.366 e. The van der Waals surface area contributed by atoms with E-state index in [2.05, 4.69) is 14.7 Å². The van der Waals surface area contributed by atoms with Crippen LogP contribution in [0.3, 0.4) is 0 Å². The lowest BCUT2D eigenvalue weighted by atomic mass is 10.2. The summed E-state index contributed by atoms with van der Waals surface area (Å²) in [7, 11) is -4.03. The van der Waals surface area contributed by atoms with Gasteiger partial charge in [0.05, 0.1) is 11.9 Å². The number of sulfonamides is 1. The number of aromatic nitrogens is 2. The van der Waals surface area contributed by atoms with Gasteiger partial charge in [-0.3, -0.25) is 9.52 Å². The summed E-state index contributed by atoms with van der Waals surface area (Å²) < 4.78 is 39.9. The zero-order chi connectivity index (χ0) is 15.6. The molecule has 4 N–H and O–H groups in total. The zero-order valence-electron chi connectivity index (χ0n) is 11.1. The number of nitrogens with one attached hydrogen (secondary N) is 2. The number of carbonyl (C=O) groups excluding carboxylic acids is 1. The second-order valence-corrected chi connectivity index (χ2v) is 5.86. The third kappa shape index (κ3) is 3.19. The number of halogens is 1. The zero-order valence-corrected chi connectivity index (χ0v) is 11.9. The van der Waals surface area contributed by atoms with Crippen molar-refractivity contribution < 1.29 is 17.6 Å². The van der Waals surface area contributed by atoms with Crippen LogP contribution in [-0.2, 0) is 16.4 Å². The summed E-state index contributed by atoms with van der Waals surface area (Å²) in [6.45, 7) is 1.80. The topological polar surface area (TPSA) is 118 Å². The maximum absolute atomic E-state index is 13.6. The van der Waals surface area contributed by atoms with Gasteiger partial charge in [0.1, 0.15) is 11.6 Å². The second kappa shape index (κ2) is 5.52. The Hall–Kier alpha value is -2.42. The number of nitrogens with two attached hydrogens (primary N) is 1.